The first-order valence-electron chi connectivity index (χ1n) is 10.9. The highest BCUT2D eigenvalue weighted by atomic mass is 32.2. The number of carbonyl (C=O) groups is 1. The number of benzene rings is 2. The van der Waals surface area contributed by atoms with Gasteiger partial charge in [0.15, 0.2) is 0 Å². The van der Waals surface area contributed by atoms with Crippen LogP contribution < -0.4 is 0 Å². The number of rotatable bonds is 6. The number of hydrogen-bond acceptors (Lipinski definition) is 3. The number of amides is 1. The van der Waals surface area contributed by atoms with Crippen molar-refractivity contribution in [3.63, 3.8) is 0 Å². The van der Waals surface area contributed by atoms with Gasteiger partial charge in [0, 0.05) is 31.2 Å². The van der Waals surface area contributed by atoms with Crippen LogP contribution in [0.2, 0.25) is 0 Å². The average molecular weight is 427 g/mol. The van der Waals surface area contributed by atoms with Gasteiger partial charge in [-0.25, -0.2) is 8.42 Å². The molecule has 1 heterocycles. The molecule has 2 aliphatic rings. The predicted molar refractivity (Wildman–Crippen MR) is 118 cm³/mol. The van der Waals surface area contributed by atoms with Crippen LogP contribution in [0.1, 0.15) is 60.0 Å². The molecule has 1 amide bonds. The standard InChI is InChI=1S/C24H30N2O3S/c1-19-9-11-20(12-10-19)18-26(22-13-14-22)24(27)21-7-6-8-23(17-21)30(28,29)25-15-4-2-3-5-16-25/h6-12,17,22H,2-5,13-16,18H2,1H3. The topological polar surface area (TPSA) is 57.7 Å². The van der Waals surface area contributed by atoms with E-state index in [1.807, 2.05) is 11.8 Å². The van der Waals surface area contributed by atoms with Crippen LogP contribution in [-0.2, 0) is 16.6 Å². The Hall–Kier alpha value is -2.18. The third kappa shape index (κ3) is 4.76. The van der Waals surface area contributed by atoms with Crippen LogP contribution >= 0.6 is 0 Å². The molecule has 0 radical (unpaired) electrons. The first kappa shape index (κ1) is 21.1. The summed E-state index contributed by atoms with van der Waals surface area (Å²) in [5.74, 6) is -0.0917. The molecule has 0 atom stereocenters. The van der Waals surface area contributed by atoms with Crippen molar-refractivity contribution in [1.82, 2.24) is 9.21 Å². The third-order valence-corrected chi connectivity index (χ3v) is 7.90. The van der Waals surface area contributed by atoms with Gasteiger partial charge < -0.3 is 4.90 Å². The van der Waals surface area contributed by atoms with Crippen LogP contribution in [-0.4, -0.2) is 42.7 Å². The molecule has 0 N–H and O–H groups in total. The zero-order valence-corrected chi connectivity index (χ0v) is 18.4. The Balaban J connectivity index is 1.57. The van der Waals surface area contributed by atoms with Gasteiger partial charge in [-0.15, -0.1) is 0 Å². The fourth-order valence-electron chi connectivity index (χ4n) is 4.03. The third-order valence-electron chi connectivity index (χ3n) is 6.01. The highest BCUT2D eigenvalue weighted by Gasteiger charge is 2.34. The molecule has 1 saturated carbocycles. The highest BCUT2D eigenvalue weighted by Crippen LogP contribution is 2.30. The summed E-state index contributed by atoms with van der Waals surface area (Å²) in [4.78, 5) is 15.4. The van der Waals surface area contributed by atoms with E-state index in [0.717, 1.165) is 44.1 Å². The van der Waals surface area contributed by atoms with E-state index in [1.165, 1.54) is 5.56 Å². The molecule has 30 heavy (non-hydrogen) atoms. The van der Waals surface area contributed by atoms with E-state index in [4.69, 9.17) is 0 Å². The number of nitrogens with zero attached hydrogens (tertiary/aromatic N) is 2. The summed E-state index contributed by atoms with van der Waals surface area (Å²) >= 11 is 0. The van der Waals surface area contributed by atoms with E-state index in [0.29, 0.717) is 25.2 Å². The zero-order valence-electron chi connectivity index (χ0n) is 17.6. The molecule has 6 heteroatoms. The predicted octanol–water partition coefficient (Wildman–Crippen LogP) is 4.36. The molecule has 0 spiro atoms. The molecule has 1 saturated heterocycles. The van der Waals surface area contributed by atoms with Crippen molar-refractivity contribution >= 4 is 15.9 Å². The minimum atomic E-state index is -3.57. The molecule has 0 aromatic heterocycles. The van der Waals surface area contributed by atoms with Gasteiger partial charge in [0.2, 0.25) is 10.0 Å². The van der Waals surface area contributed by atoms with E-state index in [-0.39, 0.29) is 16.8 Å². The van der Waals surface area contributed by atoms with Gasteiger partial charge in [-0.1, -0.05) is 48.7 Å². The van der Waals surface area contributed by atoms with Gasteiger partial charge in [0.05, 0.1) is 4.90 Å². The summed E-state index contributed by atoms with van der Waals surface area (Å²) < 4.78 is 27.9. The van der Waals surface area contributed by atoms with E-state index in [2.05, 4.69) is 24.3 Å². The van der Waals surface area contributed by atoms with Crippen molar-refractivity contribution in [3.05, 3.63) is 65.2 Å². The van der Waals surface area contributed by atoms with Crippen LogP contribution in [0.15, 0.2) is 53.4 Å². The monoisotopic (exact) mass is 426 g/mol. The maximum Gasteiger partial charge on any atom is 0.254 e. The van der Waals surface area contributed by atoms with Gasteiger partial charge in [-0.05, 0) is 56.4 Å². The number of hydrogen-bond donors (Lipinski definition) is 0. The van der Waals surface area contributed by atoms with Crippen molar-refractivity contribution in [1.29, 1.82) is 0 Å². The van der Waals surface area contributed by atoms with Crippen molar-refractivity contribution in [2.75, 3.05) is 13.1 Å². The van der Waals surface area contributed by atoms with E-state index in [1.54, 1.807) is 28.6 Å². The molecule has 2 fully saturated rings. The largest absolute Gasteiger partial charge is 0.331 e. The fourth-order valence-corrected chi connectivity index (χ4v) is 5.59. The van der Waals surface area contributed by atoms with Gasteiger partial charge in [0.25, 0.3) is 5.91 Å². The normalized spacial score (nSPS) is 18.0. The van der Waals surface area contributed by atoms with E-state index >= 15 is 0 Å². The fraction of sp³-hybridized carbons (Fsp3) is 0.458. The van der Waals surface area contributed by atoms with Crippen molar-refractivity contribution in [2.45, 2.75) is 62.9 Å². The molecular weight excluding hydrogens is 396 g/mol. The van der Waals surface area contributed by atoms with E-state index < -0.39 is 10.0 Å². The average Bonchev–Trinajstić information content (AvgIpc) is 3.60. The lowest BCUT2D eigenvalue weighted by Gasteiger charge is -2.24. The smallest absolute Gasteiger partial charge is 0.254 e. The van der Waals surface area contributed by atoms with Crippen LogP contribution in [0.4, 0.5) is 0 Å². The first-order chi connectivity index (χ1) is 14.4. The summed E-state index contributed by atoms with van der Waals surface area (Å²) in [5.41, 5.74) is 2.73. The molecule has 0 unspecified atom stereocenters. The Kier molecular flexibility index (Phi) is 6.25. The molecule has 2 aromatic carbocycles. The maximum atomic E-state index is 13.3. The zero-order chi connectivity index (χ0) is 21.1. The van der Waals surface area contributed by atoms with Crippen LogP contribution in [0.25, 0.3) is 0 Å². The molecular formula is C24H30N2O3S. The lowest BCUT2D eigenvalue weighted by atomic mass is 10.1. The molecule has 4 rings (SSSR count). The lowest BCUT2D eigenvalue weighted by molar-refractivity contribution is 0.0729. The quantitative estimate of drug-likeness (QED) is 0.689. The maximum absolute atomic E-state index is 13.3. The second-order valence-corrected chi connectivity index (χ2v) is 10.4. The summed E-state index contributed by atoms with van der Waals surface area (Å²) in [6, 6.07) is 15.0. The van der Waals surface area contributed by atoms with Crippen LogP contribution in [0.5, 0.6) is 0 Å². The SMILES string of the molecule is Cc1ccc(CN(C(=O)c2cccc(S(=O)(=O)N3CCCCCC3)c2)C2CC2)cc1. The Labute approximate surface area is 179 Å². The minimum Gasteiger partial charge on any atom is -0.331 e. The number of aryl methyl sites for hydroxylation is 1. The van der Waals surface area contributed by atoms with E-state index in [9.17, 15) is 13.2 Å². The van der Waals surface area contributed by atoms with Crippen LogP contribution in [0.3, 0.4) is 0 Å². The Morgan fingerprint density at radius 1 is 1.00 bits per heavy atom. The molecule has 5 nitrogen and oxygen atoms in total. The lowest BCUT2D eigenvalue weighted by Crippen LogP contribution is -2.34. The number of sulfonamides is 1. The second kappa shape index (κ2) is 8.90. The van der Waals surface area contributed by atoms with Crippen LogP contribution in [0, 0.1) is 6.92 Å². The van der Waals surface area contributed by atoms with Crippen molar-refractivity contribution in [3.8, 4) is 0 Å². The summed E-state index contributed by atoms with van der Waals surface area (Å²) in [5, 5.41) is 0. The second-order valence-electron chi connectivity index (χ2n) is 8.50. The highest BCUT2D eigenvalue weighted by molar-refractivity contribution is 7.89. The minimum absolute atomic E-state index is 0.0917. The Morgan fingerprint density at radius 2 is 1.67 bits per heavy atom. The Bertz CT molecular complexity index is 989. The van der Waals surface area contributed by atoms with Crippen molar-refractivity contribution in [2.24, 2.45) is 0 Å². The number of carbonyl (C=O) groups excluding carboxylic acids is 1. The van der Waals surface area contributed by atoms with Gasteiger partial charge in [0.1, 0.15) is 0 Å². The summed E-state index contributed by atoms with van der Waals surface area (Å²) in [6.07, 6.45) is 5.93. The van der Waals surface area contributed by atoms with Gasteiger partial charge >= 0.3 is 0 Å². The molecule has 0 bridgehead atoms. The van der Waals surface area contributed by atoms with Gasteiger partial charge in [-0.3, -0.25) is 4.79 Å². The summed E-state index contributed by atoms with van der Waals surface area (Å²) in [6.45, 7) is 3.71. The van der Waals surface area contributed by atoms with Crippen molar-refractivity contribution < 1.29 is 13.2 Å². The molecule has 1 aliphatic carbocycles. The first-order valence-corrected chi connectivity index (χ1v) is 12.4. The summed E-state index contributed by atoms with van der Waals surface area (Å²) in [7, 11) is -3.57. The molecule has 160 valence electrons. The molecule has 1 aliphatic heterocycles. The molecule has 2 aromatic rings. The van der Waals surface area contributed by atoms with Gasteiger partial charge in [-0.2, -0.15) is 4.31 Å². The Morgan fingerprint density at radius 3 is 2.30 bits per heavy atom.